The number of carboxylic acid groups (broad SMARTS) is 1. The van der Waals surface area contributed by atoms with E-state index in [1.165, 1.54) is 0 Å². The highest BCUT2D eigenvalue weighted by molar-refractivity contribution is 7.16. The van der Waals surface area contributed by atoms with Crippen molar-refractivity contribution in [1.82, 2.24) is 4.98 Å². The van der Waals surface area contributed by atoms with Gasteiger partial charge in [-0.25, -0.2) is 9.78 Å². The maximum Gasteiger partial charge on any atom is 0.357 e. The van der Waals surface area contributed by atoms with Crippen molar-refractivity contribution in [3.8, 4) is 0 Å². The normalized spacial score (nSPS) is 11.8. The predicted molar refractivity (Wildman–Crippen MR) is 96.6 cm³/mol. The number of carbonyl (C=O) groups excluding carboxylic acids is 2. The molecule has 1 amide bonds. The van der Waals surface area contributed by atoms with Crippen molar-refractivity contribution in [2.45, 2.75) is 26.7 Å². The highest BCUT2D eigenvalue weighted by Gasteiger charge is 2.22. The number of carbonyl (C=O) groups is 3. The van der Waals surface area contributed by atoms with E-state index in [0.29, 0.717) is 22.0 Å². The second-order valence-corrected chi connectivity index (χ2v) is 6.99. The van der Waals surface area contributed by atoms with Gasteiger partial charge in [0.2, 0.25) is 5.91 Å². The molecule has 1 heterocycles. The minimum atomic E-state index is -1.20. The van der Waals surface area contributed by atoms with Gasteiger partial charge in [-0.1, -0.05) is 25.4 Å². The third kappa shape index (κ3) is 4.87. The third-order valence-corrected chi connectivity index (χ3v) is 4.86. The van der Waals surface area contributed by atoms with Crippen molar-refractivity contribution in [3.63, 3.8) is 0 Å². The van der Waals surface area contributed by atoms with Crippen molar-refractivity contribution in [3.05, 3.63) is 45.6 Å². The zero-order chi connectivity index (χ0) is 18.6. The molecular formula is C17H17ClN2O4S. The molecule has 0 aliphatic rings. The van der Waals surface area contributed by atoms with Crippen molar-refractivity contribution >= 4 is 45.6 Å². The Balaban J connectivity index is 2.04. The Morgan fingerprint density at radius 3 is 2.48 bits per heavy atom. The Morgan fingerprint density at radius 1 is 1.28 bits per heavy atom. The molecule has 1 unspecified atom stereocenters. The van der Waals surface area contributed by atoms with E-state index in [0.717, 1.165) is 11.3 Å². The Hall–Kier alpha value is -2.25. The molecule has 1 aromatic carbocycles. The van der Waals surface area contributed by atoms with E-state index in [-0.39, 0.29) is 22.9 Å². The summed E-state index contributed by atoms with van der Waals surface area (Å²) in [5.41, 5.74) is 0.300. The van der Waals surface area contributed by atoms with Crippen LogP contribution in [-0.2, 0) is 11.2 Å². The van der Waals surface area contributed by atoms with Gasteiger partial charge in [0.05, 0.1) is 5.01 Å². The van der Waals surface area contributed by atoms with E-state index in [1.807, 2.05) is 6.92 Å². The lowest BCUT2D eigenvalue weighted by molar-refractivity contribution is -0.116. The molecular weight excluding hydrogens is 364 g/mol. The first-order valence-electron chi connectivity index (χ1n) is 7.64. The maximum absolute atomic E-state index is 12.3. The fraction of sp³-hybridized carbons (Fsp3) is 0.294. The molecule has 0 radical (unpaired) electrons. The second kappa shape index (κ2) is 8.22. The number of rotatable bonds is 7. The second-order valence-electron chi connectivity index (χ2n) is 5.47. The first-order valence-corrected chi connectivity index (χ1v) is 8.83. The molecule has 0 saturated carbocycles. The van der Waals surface area contributed by atoms with Crippen molar-refractivity contribution in [1.29, 1.82) is 0 Å². The van der Waals surface area contributed by atoms with Crippen LogP contribution < -0.4 is 5.32 Å². The summed E-state index contributed by atoms with van der Waals surface area (Å²) in [6.07, 6.45) is 0.520. The summed E-state index contributed by atoms with van der Waals surface area (Å²) in [6.45, 7) is 3.50. The van der Waals surface area contributed by atoms with Crippen molar-refractivity contribution < 1.29 is 19.5 Å². The van der Waals surface area contributed by atoms with E-state index in [4.69, 9.17) is 16.7 Å². The zero-order valence-electron chi connectivity index (χ0n) is 13.7. The number of nitrogens with zero attached hydrogens (tertiary/aromatic N) is 1. The lowest BCUT2D eigenvalue weighted by Gasteiger charge is -2.10. The summed E-state index contributed by atoms with van der Waals surface area (Å²) in [4.78, 5) is 39.7. The van der Waals surface area contributed by atoms with Crippen LogP contribution in [0.4, 0.5) is 5.00 Å². The summed E-state index contributed by atoms with van der Waals surface area (Å²) in [6, 6.07) is 6.45. The average molecular weight is 381 g/mol. The van der Waals surface area contributed by atoms with Crippen molar-refractivity contribution in [2.24, 2.45) is 5.92 Å². The van der Waals surface area contributed by atoms with Crippen LogP contribution in [-0.4, -0.2) is 27.8 Å². The number of ketones is 1. The molecule has 0 saturated heterocycles. The number of anilines is 1. The third-order valence-electron chi connectivity index (χ3n) is 3.50. The van der Waals surface area contributed by atoms with Gasteiger partial charge >= 0.3 is 5.97 Å². The number of amides is 1. The van der Waals surface area contributed by atoms with Gasteiger partial charge in [-0.05, 0) is 30.7 Å². The Labute approximate surface area is 153 Å². The molecule has 8 heteroatoms. The number of aromatic nitrogens is 1. The standard InChI is InChI=1S/C17H17ClN2O4S/c1-3-13-20-14(17(23)24)16(25-13)19-12(21)8-9(2)15(22)10-4-6-11(18)7-5-10/h4-7,9H,3,8H2,1-2H3,(H,19,21)(H,23,24). The summed E-state index contributed by atoms with van der Waals surface area (Å²) in [5.74, 6) is -2.35. The molecule has 2 N–H and O–H groups in total. The van der Waals surface area contributed by atoms with Crippen LogP contribution in [0.3, 0.4) is 0 Å². The smallest absolute Gasteiger partial charge is 0.357 e. The molecule has 0 aliphatic carbocycles. The van der Waals surface area contributed by atoms with Crippen LogP contribution in [0.2, 0.25) is 5.02 Å². The first-order chi connectivity index (χ1) is 11.8. The largest absolute Gasteiger partial charge is 0.476 e. The van der Waals surface area contributed by atoms with Crippen LogP contribution in [0.1, 0.15) is 46.1 Å². The molecule has 132 valence electrons. The fourth-order valence-corrected chi connectivity index (χ4v) is 3.23. The van der Waals surface area contributed by atoms with Gasteiger partial charge in [-0.15, -0.1) is 11.3 Å². The number of thiazole rings is 1. The summed E-state index contributed by atoms with van der Waals surface area (Å²) in [7, 11) is 0. The Bertz CT molecular complexity index is 801. The summed E-state index contributed by atoms with van der Waals surface area (Å²) >= 11 is 6.92. The first kappa shape index (κ1) is 19.1. The zero-order valence-corrected chi connectivity index (χ0v) is 15.3. The number of halogens is 1. The fourth-order valence-electron chi connectivity index (χ4n) is 2.19. The van der Waals surface area contributed by atoms with Gasteiger partial charge in [-0.3, -0.25) is 9.59 Å². The molecule has 0 spiro atoms. The average Bonchev–Trinajstić information content (AvgIpc) is 2.97. The van der Waals surface area contributed by atoms with Gasteiger partial charge in [0, 0.05) is 22.9 Å². The number of aryl methyl sites for hydroxylation is 1. The minimum Gasteiger partial charge on any atom is -0.476 e. The maximum atomic E-state index is 12.3. The van der Waals surface area contributed by atoms with Gasteiger partial charge < -0.3 is 10.4 Å². The Morgan fingerprint density at radius 2 is 1.92 bits per heavy atom. The van der Waals surface area contributed by atoms with E-state index < -0.39 is 17.8 Å². The van der Waals surface area contributed by atoms with E-state index >= 15 is 0 Å². The van der Waals surface area contributed by atoms with Crippen LogP contribution in [0, 0.1) is 5.92 Å². The molecule has 0 bridgehead atoms. The van der Waals surface area contributed by atoms with Crippen LogP contribution in [0.25, 0.3) is 0 Å². The van der Waals surface area contributed by atoms with Gasteiger partial charge in [-0.2, -0.15) is 0 Å². The minimum absolute atomic E-state index is 0.0557. The van der Waals surface area contributed by atoms with Gasteiger partial charge in [0.25, 0.3) is 0 Å². The van der Waals surface area contributed by atoms with Gasteiger partial charge in [0.1, 0.15) is 5.00 Å². The number of benzene rings is 1. The number of hydrogen-bond donors (Lipinski definition) is 2. The molecule has 1 atom stereocenters. The molecule has 2 aromatic rings. The molecule has 6 nitrogen and oxygen atoms in total. The monoisotopic (exact) mass is 380 g/mol. The SMILES string of the molecule is CCc1nc(C(=O)O)c(NC(=O)CC(C)C(=O)c2ccc(Cl)cc2)s1. The van der Waals surface area contributed by atoms with Crippen molar-refractivity contribution in [2.75, 3.05) is 5.32 Å². The predicted octanol–water partition coefficient (Wildman–Crippen LogP) is 3.90. The van der Waals surface area contributed by atoms with E-state index in [2.05, 4.69) is 10.3 Å². The molecule has 2 rings (SSSR count). The van der Waals surface area contributed by atoms with Crippen LogP contribution in [0.5, 0.6) is 0 Å². The van der Waals surface area contributed by atoms with Crippen LogP contribution >= 0.6 is 22.9 Å². The lowest BCUT2D eigenvalue weighted by Crippen LogP contribution is -2.21. The summed E-state index contributed by atoms with van der Waals surface area (Å²) < 4.78 is 0. The highest BCUT2D eigenvalue weighted by Crippen LogP contribution is 2.26. The topological polar surface area (TPSA) is 96.4 Å². The number of nitrogens with one attached hydrogen (secondary N) is 1. The van der Waals surface area contributed by atoms with Gasteiger partial charge in [0.15, 0.2) is 11.5 Å². The number of Topliss-reactive ketones (excluding diaryl/α,β-unsaturated/α-hetero) is 1. The van der Waals surface area contributed by atoms with E-state index in [9.17, 15) is 14.4 Å². The Kier molecular flexibility index (Phi) is 6.27. The molecule has 0 aliphatic heterocycles. The summed E-state index contributed by atoms with van der Waals surface area (Å²) in [5, 5.41) is 13.1. The number of hydrogen-bond acceptors (Lipinski definition) is 5. The number of aromatic carboxylic acids is 1. The molecule has 0 fully saturated rings. The quantitative estimate of drug-likeness (QED) is 0.710. The lowest BCUT2D eigenvalue weighted by atomic mass is 9.96. The number of carboxylic acids is 1. The van der Waals surface area contributed by atoms with Crippen LogP contribution in [0.15, 0.2) is 24.3 Å². The molecule has 1 aromatic heterocycles. The highest BCUT2D eigenvalue weighted by atomic mass is 35.5. The van der Waals surface area contributed by atoms with E-state index in [1.54, 1.807) is 31.2 Å². The molecule has 25 heavy (non-hydrogen) atoms.